The van der Waals surface area contributed by atoms with Crippen molar-refractivity contribution in [1.82, 2.24) is 0 Å². The molecule has 0 aromatic heterocycles. The molecule has 0 saturated heterocycles. The van der Waals surface area contributed by atoms with E-state index < -0.39 is 18.2 Å². The van der Waals surface area contributed by atoms with Crippen LogP contribution < -0.4 is 0 Å². The molecule has 46 heavy (non-hydrogen) atoms. The topological polar surface area (TPSA) is 44.8 Å². The minimum absolute atomic E-state index is 0.130. The first-order valence-electron chi connectivity index (χ1n) is 15.6. The predicted octanol–water partition coefficient (Wildman–Crippen LogP) is 9.48. The van der Waals surface area contributed by atoms with Gasteiger partial charge in [-0.25, -0.2) is 4.79 Å². The number of esters is 1. The molecule has 0 aliphatic rings. The predicted molar refractivity (Wildman–Crippen MR) is 190 cm³/mol. The molecule has 0 aliphatic heterocycles. The van der Waals surface area contributed by atoms with Crippen LogP contribution in [0.3, 0.4) is 0 Å². The zero-order valence-electron chi connectivity index (χ0n) is 25.9. The summed E-state index contributed by atoms with van der Waals surface area (Å²) in [5.74, 6) is 1.29. The summed E-state index contributed by atoms with van der Waals surface area (Å²) in [6.07, 6.45) is -0.852. The first-order chi connectivity index (χ1) is 22.7. The van der Waals surface area contributed by atoms with E-state index in [0.717, 1.165) is 28.2 Å². The Hall–Kier alpha value is -3.81. The quantitative estimate of drug-likeness (QED) is 0.0697. The number of hydrogen-bond donors (Lipinski definition) is 0. The maximum Gasteiger partial charge on any atom is 0.338 e. The van der Waals surface area contributed by atoms with E-state index in [2.05, 4.69) is 48.5 Å². The Morgan fingerprint density at radius 1 is 0.478 bits per heavy atom. The van der Waals surface area contributed by atoms with Gasteiger partial charge in [-0.05, 0) is 34.2 Å². The fraction of sp³-hybridized carbons (Fsp3) is 0.225. The second-order valence-electron chi connectivity index (χ2n) is 10.9. The lowest BCUT2D eigenvalue weighted by Gasteiger charge is -2.29. The van der Waals surface area contributed by atoms with Crippen molar-refractivity contribution in [1.29, 1.82) is 0 Å². The van der Waals surface area contributed by atoms with Gasteiger partial charge >= 0.3 is 5.97 Å². The summed E-state index contributed by atoms with van der Waals surface area (Å²) in [4.78, 5) is 13.9. The molecule has 2 atom stereocenters. The summed E-state index contributed by atoms with van der Waals surface area (Å²) < 4.78 is 19.1. The van der Waals surface area contributed by atoms with Crippen LogP contribution in [0.5, 0.6) is 0 Å². The van der Waals surface area contributed by atoms with Gasteiger partial charge in [-0.3, -0.25) is 0 Å². The van der Waals surface area contributed by atoms with Crippen LogP contribution in [0.2, 0.25) is 0 Å². The average Bonchev–Trinajstić information content (AvgIpc) is 3.12. The third kappa shape index (κ3) is 11.5. The monoisotopic (exact) mass is 648 g/mol. The van der Waals surface area contributed by atoms with Gasteiger partial charge in [0.25, 0.3) is 0 Å². The van der Waals surface area contributed by atoms with E-state index in [9.17, 15) is 4.79 Å². The molecule has 4 nitrogen and oxygen atoms in total. The van der Waals surface area contributed by atoms with Gasteiger partial charge in [0, 0.05) is 11.5 Å². The molecule has 0 heterocycles. The molecule has 5 aromatic carbocycles. The normalized spacial score (nSPS) is 12.5. The van der Waals surface area contributed by atoms with Crippen LogP contribution in [0, 0.1) is 0 Å². The Labute approximate surface area is 281 Å². The SMILES string of the molecule is O=C(OCc1ccccc1)[C@@H](OCc1ccccc1)[C@H](CC(SCc1ccccc1)SCc1ccccc1)OCc1ccccc1. The second-order valence-corrected chi connectivity index (χ2v) is 13.6. The minimum atomic E-state index is -0.912. The van der Waals surface area contributed by atoms with Gasteiger partial charge in [-0.15, -0.1) is 23.5 Å². The molecule has 0 N–H and O–H groups in total. The molecule has 5 aromatic rings. The van der Waals surface area contributed by atoms with Crippen molar-refractivity contribution in [3.63, 3.8) is 0 Å². The molecule has 0 fully saturated rings. The van der Waals surface area contributed by atoms with E-state index >= 15 is 0 Å². The molecule has 0 amide bonds. The molecule has 236 valence electrons. The van der Waals surface area contributed by atoms with E-state index in [1.54, 1.807) is 0 Å². The average molecular weight is 649 g/mol. The fourth-order valence-corrected chi connectivity index (χ4v) is 7.44. The van der Waals surface area contributed by atoms with Gasteiger partial charge in [0.1, 0.15) is 6.61 Å². The van der Waals surface area contributed by atoms with Gasteiger partial charge in [0.05, 0.1) is 23.9 Å². The first-order valence-corrected chi connectivity index (χ1v) is 17.7. The van der Waals surface area contributed by atoms with Gasteiger partial charge in [0.15, 0.2) is 6.10 Å². The molecule has 0 aliphatic carbocycles. The lowest BCUT2D eigenvalue weighted by atomic mass is 10.1. The Morgan fingerprint density at radius 2 is 0.848 bits per heavy atom. The minimum Gasteiger partial charge on any atom is -0.459 e. The largest absolute Gasteiger partial charge is 0.459 e. The number of carbonyl (C=O) groups is 1. The maximum absolute atomic E-state index is 13.9. The first kappa shape index (κ1) is 33.6. The smallest absolute Gasteiger partial charge is 0.338 e. The maximum atomic E-state index is 13.9. The van der Waals surface area contributed by atoms with E-state index in [1.807, 2.05) is 127 Å². The van der Waals surface area contributed by atoms with Gasteiger partial charge in [-0.1, -0.05) is 152 Å². The molecule has 5 rings (SSSR count). The van der Waals surface area contributed by atoms with Crippen LogP contribution in [0.25, 0.3) is 0 Å². The molecule has 0 spiro atoms. The third-order valence-corrected chi connectivity index (χ3v) is 10.3. The summed E-state index contributed by atoms with van der Waals surface area (Å²) in [5.41, 5.74) is 5.47. The highest BCUT2D eigenvalue weighted by molar-refractivity contribution is 8.16. The van der Waals surface area contributed by atoms with E-state index in [1.165, 1.54) is 11.1 Å². The molecule has 0 radical (unpaired) electrons. The number of rotatable bonds is 18. The highest BCUT2D eigenvalue weighted by Crippen LogP contribution is 2.35. The van der Waals surface area contributed by atoms with Crippen LogP contribution in [0.15, 0.2) is 152 Å². The molecule has 0 bridgehead atoms. The second kappa shape index (κ2) is 19.0. The summed E-state index contributed by atoms with van der Waals surface area (Å²) >= 11 is 3.75. The van der Waals surface area contributed by atoms with Crippen molar-refractivity contribution in [3.05, 3.63) is 179 Å². The Morgan fingerprint density at radius 3 is 1.28 bits per heavy atom. The van der Waals surface area contributed by atoms with Crippen molar-refractivity contribution in [2.45, 2.75) is 54.5 Å². The van der Waals surface area contributed by atoms with Crippen LogP contribution in [-0.4, -0.2) is 22.8 Å². The van der Waals surface area contributed by atoms with E-state index in [4.69, 9.17) is 14.2 Å². The highest BCUT2D eigenvalue weighted by Gasteiger charge is 2.34. The van der Waals surface area contributed by atoms with Crippen LogP contribution in [0.1, 0.15) is 34.2 Å². The summed E-state index contributed by atoms with van der Waals surface area (Å²) in [5, 5.41) is 0. The fourth-order valence-electron chi connectivity index (χ4n) is 4.86. The lowest BCUT2D eigenvalue weighted by Crippen LogP contribution is -2.41. The lowest BCUT2D eigenvalue weighted by molar-refractivity contribution is -0.172. The van der Waals surface area contributed by atoms with Crippen molar-refractivity contribution < 1.29 is 19.0 Å². The number of hydrogen-bond acceptors (Lipinski definition) is 6. The third-order valence-electron chi connectivity index (χ3n) is 7.36. The zero-order chi connectivity index (χ0) is 31.7. The van der Waals surface area contributed by atoms with Crippen LogP contribution in [0.4, 0.5) is 0 Å². The van der Waals surface area contributed by atoms with E-state index in [0.29, 0.717) is 13.0 Å². The van der Waals surface area contributed by atoms with Crippen molar-refractivity contribution >= 4 is 29.5 Å². The Kier molecular flexibility index (Phi) is 13.9. The Balaban J connectivity index is 1.39. The number of thioether (sulfide) groups is 2. The van der Waals surface area contributed by atoms with Crippen molar-refractivity contribution in [2.24, 2.45) is 0 Å². The van der Waals surface area contributed by atoms with Crippen LogP contribution >= 0.6 is 23.5 Å². The molecule has 0 saturated carbocycles. The van der Waals surface area contributed by atoms with Crippen molar-refractivity contribution in [2.75, 3.05) is 0 Å². The molecular formula is C40H40O4S2. The van der Waals surface area contributed by atoms with E-state index in [-0.39, 0.29) is 17.8 Å². The zero-order valence-corrected chi connectivity index (χ0v) is 27.5. The highest BCUT2D eigenvalue weighted by atomic mass is 32.2. The number of benzene rings is 5. The van der Waals surface area contributed by atoms with Crippen LogP contribution in [-0.2, 0) is 50.3 Å². The van der Waals surface area contributed by atoms with Gasteiger partial charge < -0.3 is 14.2 Å². The van der Waals surface area contributed by atoms with Gasteiger partial charge in [-0.2, -0.15) is 0 Å². The standard InChI is InChI=1S/C40H40O4S2/c41-40(44-29-34-20-10-3-11-21-34)39(43-28-33-18-8-2-9-19-33)37(42-27-32-16-6-1-7-17-32)26-38(45-30-35-22-12-4-13-23-35)46-31-36-24-14-5-15-25-36/h1-25,37-39H,26-31H2/t37-,39-/m0/s1. The number of carbonyl (C=O) groups excluding carboxylic acids is 1. The summed E-state index contributed by atoms with van der Waals surface area (Å²) in [6.45, 7) is 0.809. The number of ether oxygens (including phenoxy) is 3. The molecule has 6 heteroatoms. The summed E-state index contributed by atoms with van der Waals surface area (Å²) in [6, 6.07) is 50.7. The summed E-state index contributed by atoms with van der Waals surface area (Å²) in [7, 11) is 0. The molecule has 0 unspecified atom stereocenters. The molecular weight excluding hydrogens is 609 g/mol. The van der Waals surface area contributed by atoms with Gasteiger partial charge in [0.2, 0.25) is 0 Å². The van der Waals surface area contributed by atoms with Crippen molar-refractivity contribution in [3.8, 4) is 0 Å². The Bertz CT molecular complexity index is 1490.